The van der Waals surface area contributed by atoms with Gasteiger partial charge in [-0.2, -0.15) is 26.3 Å². The molecule has 2 aromatic rings. The van der Waals surface area contributed by atoms with E-state index in [1.54, 1.807) is 12.4 Å². The van der Waals surface area contributed by atoms with Gasteiger partial charge in [0.25, 0.3) is 0 Å². The highest BCUT2D eigenvalue weighted by molar-refractivity contribution is 5.82. The lowest BCUT2D eigenvalue weighted by molar-refractivity contribution is -0.143. The number of amides is 1. The van der Waals surface area contributed by atoms with Gasteiger partial charge in [0.2, 0.25) is 5.91 Å². The van der Waals surface area contributed by atoms with Gasteiger partial charge in [-0.05, 0) is 62.0 Å². The number of aromatic amines is 1. The van der Waals surface area contributed by atoms with Crippen LogP contribution in [0.25, 0.3) is 0 Å². The van der Waals surface area contributed by atoms with Gasteiger partial charge in [0, 0.05) is 18.9 Å². The minimum Gasteiger partial charge on any atom is -0.352 e. The van der Waals surface area contributed by atoms with Crippen molar-refractivity contribution in [2.75, 3.05) is 13.1 Å². The van der Waals surface area contributed by atoms with Crippen molar-refractivity contribution in [2.45, 2.75) is 58.6 Å². The number of carbonyl (C=O) groups excluding carboxylic acids is 1. The quantitative estimate of drug-likeness (QED) is 0.512. The molecule has 11 heteroatoms. The summed E-state index contributed by atoms with van der Waals surface area (Å²) in [6.07, 6.45) is -4.83. The first-order chi connectivity index (χ1) is 15.8. The number of H-pyrrole nitrogens is 1. The van der Waals surface area contributed by atoms with Crippen LogP contribution in [0.4, 0.5) is 26.3 Å². The van der Waals surface area contributed by atoms with Crippen LogP contribution in [0.3, 0.4) is 0 Å². The molecule has 0 aliphatic carbocycles. The van der Waals surface area contributed by atoms with Crippen molar-refractivity contribution in [3.8, 4) is 0 Å². The Balaban J connectivity index is 1.73. The van der Waals surface area contributed by atoms with E-state index in [0.717, 1.165) is 5.82 Å². The highest BCUT2D eigenvalue weighted by Crippen LogP contribution is 2.39. The number of benzene rings is 1. The normalized spacial score (nSPS) is 17.2. The fraction of sp³-hybridized carbons (Fsp3) is 0.565. The molecule has 1 aliphatic heterocycles. The average molecular weight is 490 g/mol. The number of rotatable bonds is 7. The van der Waals surface area contributed by atoms with Gasteiger partial charge in [-0.3, -0.25) is 9.69 Å². The Kier molecular flexibility index (Phi) is 7.64. The molecule has 1 aliphatic rings. The van der Waals surface area contributed by atoms with E-state index in [-0.39, 0.29) is 23.5 Å². The zero-order chi connectivity index (χ0) is 25.1. The predicted octanol–water partition coefficient (Wildman–Crippen LogP) is 5.39. The molecule has 1 saturated heterocycles. The fourth-order valence-corrected chi connectivity index (χ4v) is 4.53. The highest BCUT2D eigenvalue weighted by Gasteiger charge is 2.42. The second-order valence-corrected chi connectivity index (χ2v) is 9.29. The lowest BCUT2D eigenvalue weighted by atomic mass is 9.72. The molecule has 0 bridgehead atoms. The summed E-state index contributed by atoms with van der Waals surface area (Å²) in [5.41, 5.74) is -3.77. The number of carbonyl (C=O) groups is 1. The van der Waals surface area contributed by atoms with E-state index in [9.17, 15) is 31.1 Å². The molecule has 3 rings (SSSR count). The fourth-order valence-electron chi connectivity index (χ4n) is 4.53. The van der Waals surface area contributed by atoms with Gasteiger partial charge in [0.15, 0.2) is 0 Å². The van der Waals surface area contributed by atoms with Gasteiger partial charge in [-0.1, -0.05) is 13.8 Å². The van der Waals surface area contributed by atoms with E-state index in [1.807, 2.05) is 13.8 Å². The van der Waals surface area contributed by atoms with Gasteiger partial charge in [-0.25, -0.2) is 4.98 Å². The Labute approximate surface area is 193 Å². The Morgan fingerprint density at radius 2 is 1.68 bits per heavy atom. The molecule has 1 aromatic heterocycles. The molecule has 0 saturated carbocycles. The van der Waals surface area contributed by atoms with Crippen LogP contribution in [0, 0.1) is 11.3 Å². The number of halogens is 6. The van der Waals surface area contributed by atoms with E-state index in [1.165, 1.54) is 0 Å². The van der Waals surface area contributed by atoms with Gasteiger partial charge >= 0.3 is 12.4 Å². The summed E-state index contributed by atoms with van der Waals surface area (Å²) < 4.78 is 78.8. The van der Waals surface area contributed by atoms with E-state index >= 15 is 0 Å². The van der Waals surface area contributed by atoms with Crippen molar-refractivity contribution < 1.29 is 31.1 Å². The first-order valence-corrected chi connectivity index (χ1v) is 11.1. The summed E-state index contributed by atoms with van der Waals surface area (Å²) in [5.74, 6) is 0.656. The molecule has 0 spiro atoms. The third-order valence-corrected chi connectivity index (χ3v) is 6.12. The van der Waals surface area contributed by atoms with Crippen LogP contribution in [0.15, 0.2) is 30.6 Å². The molecule has 0 radical (unpaired) electrons. The number of nitrogens with zero attached hydrogens (tertiary/aromatic N) is 2. The zero-order valence-corrected chi connectivity index (χ0v) is 19.0. The molecule has 0 unspecified atom stereocenters. The van der Waals surface area contributed by atoms with Crippen molar-refractivity contribution in [2.24, 2.45) is 11.3 Å². The predicted molar refractivity (Wildman–Crippen MR) is 113 cm³/mol. The molecular formula is C23H28F6N4O. The van der Waals surface area contributed by atoms with E-state index in [4.69, 9.17) is 0 Å². The van der Waals surface area contributed by atoms with Crippen LogP contribution in [-0.2, 0) is 30.2 Å². The number of alkyl halides is 6. The summed E-state index contributed by atoms with van der Waals surface area (Å²) >= 11 is 0. The maximum atomic E-state index is 13.2. The van der Waals surface area contributed by atoms with E-state index < -0.39 is 35.4 Å². The maximum Gasteiger partial charge on any atom is 0.416 e. The number of likely N-dealkylation sites (tertiary alicyclic amines) is 1. The summed E-state index contributed by atoms with van der Waals surface area (Å²) in [6.45, 7) is 5.41. The van der Waals surface area contributed by atoms with Crippen molar-refractivity contribution in [1.82, 2.24) is 20.2 Å². The van der Waals surface area contributed by atoms with Gasteiger partial charge in [-0.15, -0.1) is 0 Å². The van der Waals surface area contributed by atoms with Crippen LogP contribution in [0.5, 0.6) is 0 Å². The molecule has 0 atom stereocenters. The van der Waals surface area contributed by atoms with E-state index in [2.05, 4.69) is 20.2 Å². The lowest BCUT2D eigenvalue weighted by Gasteiger charge is -2.41. The molecule has 1 aromatic carbocycles. The smallest absolute Gasteiger partial charge is 0.352 e. The number of imidazole rings is 1. The number of hydrogen-bond acceptors (Lipinski definition) is 3. The molecule has 34 heavy (non-hydrogen) atoms. The molecule has 5 nitrogen and oxygen atoms in total. The Morgan fingerprint density at radius 1 is 1.09 bits per heavy atom. The van der Waals surface area contributed by atoms with Gasteiger partial charge < -0.3 is 10.3 Å². The highest BCUT2D eigenvalue weighted by atomic mass is 19.4. The average Bonchev–Trinajstić information content (AvgIpc) is 3.24. The van der Waals surface area contributed by atoms with Crippen LogP contribution in [0.1, 0.15) is 55.6 Å². The summed E-state index contributed by atoms with van der Waals surface area (Å²) in [5, 5.41) is 2.62. The monoisotopic (exact) mass is 490 g/mol. The minimum atomic E-state index is -4.93. The third-order valence-electron chi connectivity index (χ3n) is 6.12. The first-order valence-electron chi connectivity index (χ1n) is 11.1. The van der Waals surface area contributed by atoms with Crippen molar-refractivity contribution in [3.63, 3.8) is 0 Å². The molecule has 2 heterocycles. The third kappa shape index (κ3) is 6.52. The minimum absolute atomic E-state index is 0.0837. The first kappa shape index (κ1) is 26.1. The number of hydrogen-bond donors (Lipinski definition) is 2. The SMILES string of the molecule is CC(C)CC1(C(=O)NCc2cc(C(F)(F)F)cc(C(F)(F)F)c2)CCN(Cc2ncc[nH]2)CC1. The van der Waals surface area contributed by atoms with E-state index in [0.29, 0.717) is 51.0 Å². The largest absolute Gasteiger partial charge is 0.416 e. The maximum absolute atomic E-state index is 13.2. The second kappa shape index (κ2) is 9.97. The van der Waals surface area contributed by atoms with Crippen LogP contribution >= 0.6 is 0 Å². The lowest BCUT2D eigenvalue weighted by Crippen LogP contribution is -2.49. The summed E-state index contributed by atoms with van der Waals surface area (Å²) in [6, 6.07) is 1.38. The second-order valence-electron chi connectivity index (χ2n) is 9.29. The van der Waals surface area contributed by atoms with Crippen LogP contribution < -0.4 is 5.32 Å². The number of piperidine rings is 1. The van der Waals surface area contributed by atoms with Crippen molar-refractivity contribution in [1.29, 1.82) is 0 Å². The standard InChI is InChI=1S/C23H28F6N4O/c1-15(2)12-21(3-7-33(8-4-21)14-19-30-5-6-31-19)20(34)32-13-16-9-17(22(24,25)26)11-18(10-16)23(27,28)29/h5-6,9-11,15H,3-4,7-8,12-14H2,1-2H3,(H,30,31)(H,32,34). The number of nitrogens with one attached hydrogen (secondary N) is 2. The van der Waals surface area contributed by atoms with Crippen LogP contribution in [0.2, 0.25) is 0 Å². The van der Waals surface area contributed by atoms with Gasteiger partial charge in [0.05, 0.1) is 23.1 Å². The van der Waals surface area contributed by atoms with Crippen LogP contribution in [-0.4, -0.2) is 33.9 Å². The summed E-state index contributed by atoms with van der Waals surface area (Å²) in [4.78, 5) is 22.6. The summed E-state index contributed by atoms with van der Waals surface area (Å²) in [7, 11) is 0. The molecule has 2 N–H and O–H groups in total. The Morgan fingerprint density at radius 3 is 2.15 bits per heavy atom. The zero-order valence-electron chi connectivity index (χ0n) is 19.0. The van der Waals surface area contributed by atoms with Crippen molar-refractivity contribution >= 4 is 5.91 Å². The topological polar surface area (TPSA) is 61.0 Å². The molecule has 1 fully saturated rings. The molecule has 188 valence electrons. The van der Waals surface area contributed by atoms with Crippen molar-refractivity contribution in [3.05, 3.63) is 53.1 Å². The Bertz CT molecular complexity index is 929. The molecular weight excluding hydrogens is 462 g/mol. The molecule has 1 amide bonds. The Hall–Kier alpha value is -2.56. The number of aromatic nitrogens is 2. The van der Waals surface area contributed by atoms with Gasteiger partial charge in [0.1, 0.15) is 5.82 Å².